The second-order valence-electron chi connectivity index (χ2n) is 5.29. The van der Waals surface area contributed by atoms with Gasteiger partial charge in [-0.3, -0.25) is 4.90 Å². The van der Waals surface area contributed by atoms with Crippen molar-refractivity contribution < 1.29 is 5.11 Å². The van der Waals surface area contributed by atoms with E-state index in [2.05, 4.69) is 36.1 Å². The van der Waals surface area contributed by atoms with Gasteiger partial charge < -0.3 is 5.11 Å². The number of halogens is 1. The molecule has 1 atom stereocenters. The topological polar surface area (TPSA) is 23.5 Å². The van der Waals surface area contributed by atoms with Gasteiger partial charge in [0.2, 0.25) is 0 Å². The molecule has 2 aromatic rings. The Labute approximate surface area is 132 Å². The number of benzene rings is 2. The number of nitrogens with zero attached hydrogens (tertiary/aromatic N) is 1. The molecule has 21 heavy (non-hydrogen) atoms. The molecule has 1 N–H and O–H groups in total. The van der Waals surface area contributed by atoms with Crippen LogP contribution >= 0.6 is 11.6 Å². The van der Waals surface area contributed by atoms with Gasteiger partial charge >= 0.3 is 0 Å². The minimum atomic E-state index is -0.488. The van der Waals surface area contributed by atoms with Gasteiger partial charge in [0.25, 0.3) is 0 Å². The minimum Gasteiger partial charge on any atom is -0.387 e. The highest BCUT2D eigenvalue weighted by molar-refractivity contribution is 6.30. The van der Waals surface area contributed by atoms with Crippen LogP contribution in [0.5, 0.6) is 0 Å². The third-order valence-corrected chi connectivity index (χ3v) is 3.73. The van der Waals surface area contributed by atoms with Crippen molar-refractivity contribution in [3.05, 3.63) is 70.7 Å². The molecule has 0 aliphatic heterocycles. The maximum absolute atomic E-state index is 10.4. The van der Waals surface area contributed by atoms with Crippen molar-refractivity contribution in [2.75, 3.05) is 13.1 Å². The number of hydrogen-bond acceptors (Lipinski definition) is 2. The predicted molar refractivity (Wildman–Crippen MR) is 88.4 cm³/mol. The number of aliphatic hydroxyl groups excluding tert-OH is 1. The van der Waals surface area contributed by atoms with E-state index in [-0.39, 0.29) is 0 Å². The Morgan fingerprint density at radius 2 is 1.71 bits per heavy atom. The summed E-state index contributed by atoms with van der Waals surface area (Å²) in [7, 11) is 0. The fourth-order valence-electron chi connectivity index (χ4n) is 2.43. The van der Waals surface area contributed by atoms with E-state index in [0.29, 0.717) is 11.6 Å². The molecular formula is C18H22ClNO. The molecule has 0 radical (unpaired) electrons. The highest BCUT2D eigenvalue weighted by Crippen LogP contribution is 2.18. The zero-order valence-corrected chi connectivity index (χ0v) is 13.1. The predicted octanol–water partition coefficient (Wildman–Crippen LogP) is 4.29. The summed E-state index contributed by atoms with van der Waals surface area (Å²) in [5.41, 5.74) is 2.18. The van der Waals surface area contributed by atoms with Crippen molar-refractivity contribution in [2.45, 2.75) is 26.0 Å². The quantitative estimate of drug-likeness (QED) is 0.825. The maximum atomic E-state index is 10.4. The molecule has 0 aliphatic carbocycles. The summed E-state index contributed by atoms with van der Waals surface area (Å²) >= 11 is 5.89. The Bertz CT molecular complexity index is 527. The third-order valence-electron chi connectivity index (χ3n) is 3.47. The summed E-state index contributed by atoms with van der Waals surface area (Å²) < 4.78 is 0. The second-order valence-corrected chi connectivity index (χ2v) is 5.72. The molecule has 0 aliphatic rings. The van der Waals surface area contributed by atoms with E-state index in [4.69, 9.17) is 11.6 Å². The lowest BCUT2D eigenvalue weighted by Crippen LogP contribution is -2.29. The summed E-state index contributed by atoms with van der Waals surface area (Å²) in [6, 6.07) is 17.8. The highest BCUT2D eigenvalue weighted by Gasteiger charge is 2.13. The molecule has 0 bridgehead atoms. The monoisotopic (exact) mass is 303 g/mol. The third kappa shape index (κ3) is 5.16. The molecule has 0 aromatic heterocycles. The Morgan fingerprint density at radius 3 is 2.33 bits per heavy atom. The molecule has 0 amide bonds. The fourth-order valence-corrected chi connectivity index (χ4v) is 2.55. The SMILES string of the molecule is CCCN(Cc1ccccc1)C[C@@H](O)c1ccc(Cl)cc1. The molecule has 0 heterocycles. The number of rotatable bonds is 7. The molecule has 0 saturated heterocycles. The van der Waals surface area contributed by atoms with E-state index >= 15 is 0 Å². The number of hydrogen-bond donors (Lipinski definition) is 1. The molecule has 0 spiro atoms. The van der Waals surface area contributed by atoms with Crippen molar-refractivity contribution in [1.82, 2.24) is 4.90 Å². The normalized spacial score (nSPS) is 12.6. The highest BCUT2D eigenvalue weighted by atomic mass is 35.5. The van der Waals surface area contributed by atoms with Crippen LogP contribution in [-0.4, -0.2) is 23.1 Å². The van der Waals surface area contributed by atoms with Crippen molar-refractivity contribution in [3.63, 3.8) is 0 Å². The van der Waals surface area contributed by atoms with Crippen LogP contribution in [0.25, 0.3) is 0 Å². The lowest BCUT2D eigenvalue weighted by atomic mass is 10.1. The summed E-state index contributed by atoms with van der Waals surface area (Å²) in [6.45, 7) is 4.62. The van der Waals surface area contributed by atoms with Gasteiger partial charge in [-0.25, -0.2) is 0 Å². The van der Waals surface area contributed by atoms with Gasteiger partial charge in [0, 0.05) is 18.1 Å². The lowest BCUT2D eigenvalue weighted by molar-refractivity contribution is 0.109. The van der Waals surface area contributed by atoms with Gasteiger partial charge in [-0.1, -0.05) is 61.0 Å². The first kappa shape index (κ1) is 16.0. The van der Waals surface area contributed by atoms with Gasteiger partial charge in [-0.2, -0.15) is 0 Å². The Hall–Kier alpha value is -1.35. The van der Waals surface area contributed by atoms with Crippen LogP contribution in [0.2, 0.25) is 5.02 Å². The van der Waals surface area contributed by atoms with Crippen molar-refractivity contribution >= 4 is 11.6 Å². The second kappa shape index (κ2) is 8.18. The molecule has 2 rings (SSSR count). The molecule has 2 nitrogen and oxygen atoms in total. The largest absolute Gasteiger partial charge is 0.387 e. The standard InChI is InChI=1S/C18H22ClNO/c1-2-12-20(13-15-6-4-3-5-7-15)14-18(21)16-8-10-17(19)11-9-16/h3-11,18,21H,2,12-14H2,1H3/t18-/m1/s1. The van der Waals surface area contributed by atoms with Crippen LogP contribution in [0.15, 0.2) is 54.6 Å². The minimum absolute atomic E-state index is 0.488. The Morgan fingerprint density at radius 1 is 1.05 bits per heavy atom. The van der Waals surface area contributed by atoms with E-state index < -0.39 is 6.10 Å². The van der Waals surface area contributed by atoms with Gasteiger partial charge in [0.05, 0.1) is 6.10 Å². The van der Waals surface area contributed by atoms with Crippen LogP contribution in [0.1, 0.15) is 30.6 Å². The lowest BCUT2D eigenvalue weighted by Gasteiger charge is -2.25. The van der Waals surface area contributed by atoms with Crippen molar-refractivity contribution in [2.24, 2.45) is 0 Å². The van der Waals surface area contributed by atoms with E-state index in [9.17, 15) is 5.11 Å². The average molecular weight is 304 g/mol. The summed E-state index contributed by atoms with van der Waals surface area (Å²) in [5.74, 6) is 0. The van der Waals surface area contributed by atoms with Gasteiger partial charge in [-0.15, -0.1) is 0 Å². The molecule has 2 aromatic carbocycles. The van der Waals surface area contributed by atoms with Crippen LogP contribution in [0.3, 0.4) is 0 Å². The van der Waals surface area contributed by atoms with E-state index in [0.717, 1.165) is 25.1 Å². The maximum Gasteiger partial charge on any atom is 0.0917 e. The summed E-state index contributed by atoms with van der Waals surface area (Å²) in [5, 5.41) is 11.1. The Kier molecular flexibility index (Phi) is 6.24. The van der Waals surface area contributed by atoms with E-state index in [1.54, 1.807) is 0 Å². The van der Waals surface area contributed by atoms with Gasteiger partial charge in [0.15, 0.2) is 0 Å². The first-order valence-electron chi connectivity index (χ1n) is 7.39. The molecule has 0 unspecified atom stereocenters. The first-order chi connectivity index (χ1) is 10.2. The first-order valence-corrected chi connectivity index (χ1v) is 7.76. The zero-order valence-electron chi connectivity index (χ0n) is 12.4. The van der Waals surface area contributed by atoms with Gasteiger partial charge in [0.1, 0.15) is 0 Å². The zero-order chi connectivity index (χ0) is 15.1. The van der Waals surface area contributed by atoms with Crippen LogP contribution in [-0.2, 0) is 6.54 Å². The van der Waals surface area contributed by atoms with E-state index in [1.807, 2.05) is 30.3 Å². The molecule has 3 heteroatoms. The summed E-state index contributed by atoms with van der Waals surface area (Å²) in [4.78, 5) is 2.29. The number of aliphatic hydroxyl groups is 1. The van der Waals surface area contributed by atoms with Crippen LogP contribution < -0.4 is 0 Å². The summed E-state index contributed by atoms with van der Waals surface area (Å²) in [6.07, 6.45) is 0.581. The molecule has 112 valence electrons. The molecule has 0 fully saturated rings. The smallest absolute Gasteiger partial charge is 0.0917 e. The van der Waals surface area contributed by atoms with Crippen LogP contribution in [0.4, 0.5) is 0 Å². The fraction of sp³-hybridized carbons (Fsp3) is 0.333. The van der Waals surface area contributed by atoms with Crippen molar-refractivity contribution in [3.8, 4) is 0 Å². The molecule has 0 saturated carbocycles. The van der Waals surface area contributed by atoms with Crippen LogP contribution in [0, 0.1) is 0 Å². The van der Waals surface area contributed by atoms with Crippen molar-refractivity contribution in [1.29, 1.82) is 0 Å². The average Bonchev–Trinajstić information content (AvgIpc) is 2.49. The molecular weight excluding hydrogens is 282 g/mol. The van der Waals surface area contributed by atoms with Gasteiger partial charge in [-0.05, 0) is 36.2 Å². The van der Waals surface area contributed by atoms with E-state index in [1.165, 1.54) is 5.56 Å². The Balaban J connectivity index is 2.00.